The summed E-state index contributed by atoms with van der Waals surface area (Å²) in [5, 5.41) is 6.41. The highest BCUT2D eigenvalue weighted by molar-refractivity contribution is 8.00. The number of hydrogen-bond acceptors (Lipinski definition) is 3. The van der Waals surface area contributed by atoms with Crippen molar-refractivity contribution in [2.24, 2.45) is 7.05 Å². The van der Waals surface area contributed by atoms with E-state index in [-0.39, 0.29) is 0 Å². The molecule has 4 heteroatoms. The van der Waals surface area contributed by atoms with Gasteiger partial charge in [0.25, 0.3) is 0 Å². The Bertz CT molecular complexity index is 365. The Labute approximate surface area is 85.6 Å². The zero-order valence-corrected chi connectivity index (χ0v) is 8.94. The summed E-state index contributed by atoms with van der Waals surface area (Å²) in [7, 11) is 1.94. The van der Waals surface area contributed by atoms with Crippen molar-refractivity contribution in [2.45, 2.75) is 9.96 Å². The Morgan fingerprint density at radius 3 is 3.08 bits per heavy atom. The molecule has 13 heavy (non-hydrogen) atoms. The van der Waals surface area contributed by atoms with Gasteiger partial charge in [0, 0.05) is 19.0 Å². The molecule has 0 aromatic carbocycles. The second-order valence-electron chi connectivity index (χ2n) is 2.70. The zero-order chi connectivity index (χ0) is 9.10. The summed E-state index contributed by atoms with van der Waals surface area (Å²) in [6.07, 6.45) is 1.98. The summed E-state index contributed by atoms with van der Waals surface area (Å²) in [4.78, 5) is 0. The fourth-order valence-electron chi connectivity index (χ4n) is 1.03. The molecule has 0 fully saturated rings. The van der Waals surface area contributed by atoms with Gasteiger partial charge < -0.3 is 0 Å². The van der Waals surface area contributed by atoms with E-state index in [1.165, 1.54) is 4.21 Å². The number of thioether (sulfide) groups is 1. The van der Waals surface area contributed by atoms with Gasteiger partial charge in [0.05, 0.1) is 9.90 Å². The van der Waals surface area contributed by atoms with Gasteiger partial charge in [0.2, 0.25) is 0 Å². The molecule has 0 radical (unpaired) electrons. The van der Waals surface area contributed by atoms with Crippen LogP contribution in [0.1, 0.15) is 5.69 Å². The molecule has 0 saturated heterocycles. The van der Waals surface area contributed by atoms with Gasteiger partial charge in [-0.25, -0.2) is 0 Å². The van der Waals surface area contributed by atoms with Gasteiger partial charge in [-0.15, -0.1) is 23.1 Å². The molecule has 0 aliphatic carbocycles. The van der Waals surface area contributed by atoms with Gasteiger partial charge in [-0.2, -0.15) is 5.10 Å². The molecule has 2 aromatic heterocycles. The van der Waals surface area contributed by atoms with E-state index >= 15 is 0 Å². The molecule has 2 rings (SSSR count). The summed E-state index contributed by atoms with van der Waals surface area (Å²) in [5.41, 5.74) is 1.14. The molecule has 0 amide bonds. The van der Waals surface area contributed by atoms with Crippen LogP contribution in [-0.2, 0) is 12.8 Å². The van der Waals surface area contributed by atoms with Crippen molar-refractivity contribution < 1.29 is 0 Å². The van der Waals surface area contributed by atoms with Gasteiger partial charge in [-0.1, -0.05) is 6.07 Å². The van der Waals surface area contributed by atoms with E-state index in [2.05, 4.69) is 28.7 Å². The first-order chi connectivity index (χ1) is 6.34. The molecular weight excluding hydrogens is 200 g/mol. The minimum absolute atomic E-state index is 0.960. The lowest BCUT2D eigenvalue weighted by Gasteiger charge is -1.93. The zero-order valence-electron chi connectivity index (χ0n) is 7.30. The first-order valence-corrected chi connectivity index (χ1v) is 5.86. The van der Waals surface area contributed by atoms with E-state index in [1.807, 2.05) is 29.7 Å². The summed E-state index contributed by atoms with van der Waals surface area (Å²) in [6, 6.07) is 6.27. The van der Waals surface area contributed by atoms with Gasteiger partial charge >= 0.3 is 0 Å². The Hall–Kier alpha value is -0.740. The van der Waals surface area contributed by atoms with Gasteiger partial charge in [0.1, 0.15) is 0 Å². The van der Waals surface area contributed by atoms with Crippen LogP contribution in [0.15, 0.2) is 34.0 Å². The van der Waals surface area contributed by atoms with Crippen LogP contribution >= 0.6 is 23.1 Å². The number of aromatic nitrogens is 2. The molecule has 68 valence electrons. The third kappa shape index (κ3) is 2.35. The van der Waals surface area contributed by atoms with Crippen molar-refractivity contribution in [3.05, 3.63) is 35.5 Å². The minimum atomic E-state index is 0.960. The van der Waals surface area contributed by atoms with Crippen molar-refractivity contribution in [1.29, 1.82) is 0 Å². The maximum absolute atomic E-state index is 4.31. The van der Waals surface area contributed by atoms with Crippen LogP contribution in [0.5, 0.6) is 0 Å². The summed E-state index contributed by atoms with van der Waals surface area (Å²) < 4.78 is 3.19. The second-order valence-corrected chi connectivity index (χ2v) is 4.92. The Balaban J connectivity index is 1.93. The summed E-state index contributed by atoms with van der Waals surface area (Å²) in [5.74, 6) is 0.960. The van der Waals surface area contributed by atoms with Crippen LogP contribution in [0.4, 0.5) is 0 Å². The third-order valence-corrected chi connectivity index (χ3v) is 3.79. The van der Waals surface area contributed by atoms with Crippen LogP contribution < -0.4 is 0 Å². The van der Waals surface area contributed by atoms with Crippen molar-refractivity contribution in [2.75, 3.05) is 0 Å². The maximum atomic E-state index is 4.31. The highest BCUT2D eigenvalue weighted by Gasteiger charge is 1.98. The Morgan fingerprint density at radius 1 is 1.54 bits per heavy atom. The first kappa shape index (κ1) is 8.84. The standard InChI is InChI=1S/C9H10N2S2/c1-11-5-4-8(10-11)7-13-9-3-2-6-12-9/h2-6H,7H2,1H3. The summed E-state index contributed by atoms with van der Waals surface area (Å²) in [6.45, 7) is 0. The average Bonchev–Trinajstić information content (AvgIpc) is 2.71. The topological polar surface area (TPSA) is 17.8 Å². The summed E-state index contributed by atoms with van der Waals surface area (Å²) >= 11 is 3.61. The maximum Gasteiger partial charge on any atom is 0.0727 e. The Morgan fingerprint density at radius 2 is 2.46 bits per heavy atom. The SMILES string of the molecule is Cn1ccc(CSc2cccs2)n1. The van der Waals surface area contributed by atoms with E-state index in [0.717, 1.165) is 11.4 Å². The van der Waals surface area contributed by atoms with Crippen LogP contribution in [0, 0.1) is 0 Å². The number of nitrogens with zero attached hydrogens (tertiary/aromatic N) is 2. The molecular formula is C9H10N2S2. The van der Waals surface area contributed by atoms with Gasteiger partial charge in [-0.3, -0.25) is 4.68 Å². The van der Waals surface area contributed by atoms with Gasteiger partial charge in [-0.05, 0) is 17.5 Å². The van der Waals surface area contributed by atoms with Crippen molar-refractivity contribution >= 4 is 23.1 Å². The fourth-order valence-corrected chi connectivity index (χ4v) is 2.71. The van der Waals surface area contributed by atoms with Crippen molar-refractivity contribution in [3.63, 3.8) is 0 Å². The monoisotopic (exact) mass is 210 g/mol. The number of rotatable bonds is 3. The number of thiophene rings is 1. The lowest BCUT2D eigenvalue weighted by molar-refractivity contribution is 0.755. The largest absolute Gasteiger partial charge is 0.276 e. The highest BCUT2D eigenvalue weighted by Crippen LogP contribution is 2.26. The van der Waals surface area contributed by atoms with Crippen LogP contribution in [0.3, 0.4) is 0 Å². The average molecular weight is 210 g/mol. The molecule has 0 aliphatic heterocycles. The van der Waals surface area contributed by atoms with E-state index in [4.69, 9.17) is 0 Å². The lowest BCUT2D eigenvalue weighted by atomic mass is 10.5. The van der Waals surface area contributed by atoms with E-state index in [9.17, 15) is 0 Å². The smallest absolute Gasteiger partial charge is 0.0727 e. The molecule has 0 atom stereocenters. The predicted molar refractivity (Wildman–Crippen MR) is 57.1 cm³/mol. The molecule has 0 bridgehead atoms. The van der Waals surface area contributed by atoms with Crippen molar-refractivity contribution in [3.8, 4) is 0 Å². The molecule has 0 unspecified atom stereocenters. The fraction of sp³-hybridized carbons (Fsp3) is 0.222. The van der Waals surface area contributed by atoms with E-state index in [0.29, 0.717) is 0 Å². The second kappa shape index (κ2) is 3.98. The lowest BCUT2D eigenvalue weighted by Crippen LogP contribution is -1.88. The molecule has 0 spiro atoms. The van der Waals surface area contributed by atoms with Crippen LogP contribution in [-0.4, -0.2) is 9.78 Å². The van der Waals surface area contributed by atoms with Crippen LogP contribution in [0.2, 0.25) is 0 Å². The molecule has 2 aromatic rings. The minimum Gasteiger partial charge on any atom is -0.276 e. The Kier molecular flexibility index (Phi) is 2.71. The van der Waals surface area contributed by atoms with E-state index in [1.54, 1.807) is 11.3 Å². The predicted octanol–water partition coefficient (Wildman–Crippen LogP) is 2.77. The highest BCUT2D eigenvalue weighted by atomic mass is 32.2. The molecule has 2 nitrogen and oxygen atoms in total. The van der Waals surface area contributed by atoms with E-state index < -0.39 is 0 Å². The quantitative estimate of drug-likeness (QED) is 0.725. The first-order valence-electron chi connectivity index (χ1n) is 3.99. The van der Waals surface area contributed by atoms with Gasteiger partial charge in [0.15, 0.2) is 0 Å². The van der Waals surface area contributed by atoms with Crippen molar-refractivity contribution in [1.82, 2.24) is 9.78 Å². The van der Waals surface area contributed by atoms with Crippen LogP contribution in [0.25, 0.3) is 0 Å². The number of aryl methyl sites for hydroxylation is 1. The molecule has 0 saturated carbocycles. The third-order valence-electron chi connectivity index (χ3n) is 1.63. The molecule has 0 aliphatic rings. The normalized spacial score (nSPS) is 10.5. The molecule has 0 N–H and O–H groups in total. The molecule has 2 heterocycles. The number of hydrogen-bond donors (Lipinski definition) is 0.